The van der Waals surface area contributed by atoms with Gasteiger partial charge in [0.05, 0.1) is 22.3 Å². The molecule has 0 fully saturated rings. The van der Waals surface area contributed by atoms with Gasteiger partial charge in [-0.3, -0.25) is 9.55 Å². The van der Waals surface area contributed by atoms with Gasteiger partial charge in [-0.05, 0) is 107 Å². The van der Waals surface area contributed by atoms with E-state index >= 15 is 0 Å². The van der Waals surface area contributed by atoms with E-state index in [4.69, 9.17) is 26.4 Å². The van der Waals surface area contributed by atoms with E-state index in [0.717, 1.165) is 27.8 Å². The molecule has 7 aromatic carbocycles. The van der Waals surface area contributed by atoms with Gasteiger partial charge in [0.25, 0.3) is 0 Å². The Morgan fingerprint density at radius 1 is 0.600 bits per heavy atom. The molecule has 0 saturated heterocycles. The third-order valence-electron chi connectivity index (χ3n) is 10.7. The Kier molecular flexibility index (Phi) is 7.68. The predicted molar refractivity (Wildman–Crippen MR) is 245 cm³/mol. The fourth-order valence-electron chi connectivity index (χ4n) is 7.73. The van der Waals surface area contributed by atoms with E-state index < -0.39 is 32.8 Å². The van der Waals surface area contributed by atoms with Crippen molar-refractivity contribution in [2.75, 3.05) is 0 Å². The Bertz CT molecular complexity index is 3420. The first kappa shape index (κ1) is 28.2. The zero-order chi connectivity index (χ0) is 50.8. The molecule has 298 valence electrons. The molecule has 0 aliphatic heterocycles. The summed E-state index contributed by atoms with van der Waals surface area (Å²) in [5, 5.41) is 11.7. The van der Waals surface area contributed by atoms with E-state index in [1.807, 2.05) is 129 Å². The van der Waals surface area contributed by atoms with Crippen molar-refractivity contribution in [3.63, 3.8) is 0 Å². The molecule has 0 aliphatic rings. The number of fused-ring (bicyclic) bond motifs is 1. The van der Waals surface area contributed by atoms with Crippen LogP contribution >= 0.6 is 0 Å². The van der Waals surface area contributed by atoms with Crippen molar-refractivity contribution in [2.24, 2.45) is 0 Å². The number of benzene rings is 7. The fraction of sp³-hybridized carbons (Fsp3) is 0.127. The molecule has 0 aliphatic carbocycles. The standard InChI is InChI=1S/C55H46N3O.Pt/c1-35-28-37(3)53(59)48(29-35)54-57-52-47(18-13-19-51(52)58(54)50-25-22-41(30-36(50)2)38-14-9-7-10-15-38)44-31-43(39-16-11-8-12-17-39)32-45(33-44)49-34-42(26-27-56-49)40-20-23-46(24-21-40)55(4,5)6;/h7-32,34,59H,1-6H3;/q-1;/i2D3,4D3,5D3,6D3;. The maximum absolute atomic E-state index is 11.7. The van der Waals surface area contributed by atoms with Crippen LogP contribution in [0.1, 0.15) is 59.3 Å². The van der Waals surface area contributed by atoms with Crippen molar-refractivity contribution in [1.82, 2.24) is 14.5 Å². The zero-order valence-corrected chi connectivity index (χ0v) is 35.0. The minimum Gasteiger partial charge on any atom is -0.507 e. The summed E-state index contributed by atoms with van der Waals surface area (Å²) in [5.41, 5.74) is 6.89. The molecule has 5 heteroatoms. The number of pyridine rings is 1. The van der Waals surface area contributed by atoms with Crippen molar-refractivity contribution >= 4 is 11.0 Å². The summed E-state index contributed by atoms with van der Waals surface area (Å²) in [6.07, 6.45) is 1.61. The van der Waals surface area contributed by atoms with Crippen molar-refractivity contribution in [1.29, 1.82) is 0 Å². The summed E-state index contributed by atoms with van der Waals surface area (Å²) in [7, 11) is 0. The third-order valence-corrected chi connectivity index (χ3v) is 10.7. The first-order valence-corrected chi connectivity index (χ1v) is 19.2. The average molecular weight is 972 g/mol. The SMILES string of the molecule is [2H]C([2H])([2H])c1cc(-c2ccccc2)ccc1-n1c(-c2cc(C)cc(C)c2O)nc2c(-c3[c-]c(-c4cc(-c5ccc(C(C([2H])([2H])[2H])(C([2H])([2H])[2H])C([2H])([2H])[2H])cc5)ccn4)cc(-c4ccccc4)c3)cccc21.[Pt]. The van der Waals surface area contributed by atoms with Crippen LogP contribution in [0.2, 0.25) is 0 Å². The van der Waals surface area contributed by atoms with Gasteiger partial charge in [-0.25, -0.2) is 4.98 Å². The summed E-state index contributed by atoms with van der Waals surface area (Å²) in [6, 6.07) is 50.7. The first-order chi connectivity index (χ1) is 33.5. The predicted octanol–water partition coefficient (Wildman–Crippen LogP) is 14.1. The molecule has 4 nitrogen and oxygen atoms in total. The largest absolute Gasteiger partial charge is 0.507 e. The van der Waals surface area contributed by atoms with Crippen LogP contribution in [0.5, 0.6) is 5.75 Å². The van der Waals surface area contributed by atoms with Crippen molar-refractivity contribution in [3.8, 4) is 78.6 Å². The quantitative estimate of drug-likeness (QED) is 0.162. The summed E-state index contributed by atoms with van der Waals surface area (Å²) in [4.78, 5) is 10.0. The van der Waals surface area contributed by atoms with Gasteiger partial charge in [0.1, 0.15) is 11.6 Å². The number of aromatic hydroxyl groups is 1. The minimum atomic E-state index is -3.40. The maximum Gasteiger partial charge on any atom is 0.148 e. The number of aromatic nitrogens is 3. The molecule has 0 amide bonds. The van der Waals surface area contributed by atoms with Gasteiger partial charge in [0.15, 0.2) is 0 Å². The topological polar surface area (TPSA) is 50.9 Å². The zero-order valence-electron chi connectivity index (χ0n) is 44.7. The second-order valence-corrected chi connectivity index (χ2v) is 14.8. The van der Waals surface area contributed by atoms with Gasteiger partial charge >= 0.3 is 0 Å². The van der Waals surface area contributed by atoms with Gasteiger partial charge in [-0.1, -0.05) is 153 Å². The molecule has 60 heavy (non-hydrogen) atoms. The van der Waals surface area contributed by atoms with Gasteiger partial charge in [-0.2, -0.15) is 0 Å². The Hall–Kier alpha value is -6.35. The Balaban J connectivity index is 0.00000693. The van der Waals surface area contributed by atoms with Crippen LogP contribution in [0.3, 0.4) is 0 Å². The monoisotopic (exact) mass is 971 g/mol. The number of rotatable bonds is 7. The van der Waals surface area contributed by atoms with E-state index in [-0.39, 0.29) is 37.9 Å². The number of hydrogen-bond acceptors (Lipinski definition) is 3. The molecule has 2 heterocycles. The number of hydrogen-bond donors (Lipinski definition) is 1. The minimum absolute atomic E-state index is 0. The number of nitrogens with zero attached hydrogens (tertiary/aromatic N) is 3. The molecule has 9 rings (SSSR count). The number of phenols is 1. The van der Waals surface area contributed by atoms with Crippen LogP contribution in [0.4, 0.5) is 0 Å². The van der Waals surface area contributed by atoms with Crippen LogP contribution < -0.4 is 0 Å². The molecule has 0 spiro atoms. The Labute approximate surface area is 384 Å². The van der Waals surface area contributed by atoms with Crippen LogP contribution in [-0.2, 0) is 26.5 Å². The van der Waals surface area contributed by atoms with Crippen LogP contribution in [0.25, 0.3) is 83.9 Å². The van der Waals surface area contributed by atoms with Crippen LogP contribution in [0.15, 0.2) is 164 Å². The number of aryl methyl sites for hydroxylation is 3. The molecule has 2 aromatic heterocycles. The Morgan fingerprint density at radius 3 is 1.98 bits per heavy atom. The molecular weight excluding hydrogens is 914 g/mol. The molecule has 0 unspecified atom stereocenters. The number of imidazole rings is 1. The van der Waals surface area contributed by atoms with E-state index in [0.29, 0.717) is 67.2 Å². The number of phenolic OH excluding ortho intramolecular Hbond substituents is 1. The Morgan fingerprint density at radius 2 is 1.27 bits per heavy atom. The maximum atomic E-state index is 11.7. The summed E-state index contributed by atoms with van der Waals surface area (Å²) < 4.78 is 102. The summed E-state index contributed by atoms with van der Waals surface area (Å²) >= 11 is 0. The molecule has 1 N–H and O–H groups in total. The first-order valence-electron chi connectivity index (χ1n) is 25.2. The number of para-hydroxylation sites is 1. The van der Waals surface area contributed by atoms with Gasteiger partial charge in [-0.15, -0.1) is 23.8 Å². The second kappa shape index (κ2) is 16.4. The van der Waals surface area contributed by atoms with Crippen molar-refractivity contribution in [2.45, 2.75) is 46.7 Å². The van der Waals surface area contributed by atoms with Gasteiger partial charge in [0, 0.05) is 49.4 Å². The van der Waals surface area contributed by atoms with Crippen LogP contribution in [-0.4, -0.2) is 19.6 Å². The molecule has 9 aromatic rings. The molecule has 0 saturated carbocycles. The fourth-order valence-corrected chi connectivity index (χ4v) is 7.73. The average Bonchev–Trinajstić information content (AvgIpc) is 3.71. The molecule has 0 radical (unpaired) electrons. The van der Waals surface area contributed by atoms with Gasteiger partial charge in [0.2, 0.25) is 0 Å². The van der Waals surface area contributed by atoms with Gasteiger partial charge < -0.3 is 5.11 Å². The third kappa shape index (κ3) is 7.76. The van der Waals surface area contributed by atoms with Crippen molar-refractivity contribution in [3.05, 3.63) is 192 Å². The van der Waals surface area contributed by atoms with Crippen LogP contribution in [0, 0.1) is 26.8 Å². The smallest absolute Gasteiger partial charge is 0.148 e. The van der Waals surface area contributed by atoms with E-state index in [1.54, 1.807) is 29.0 Å². The normalized spacial score (nSPS) is 15.2. The summed E-state index contributed by atoms with van der Waals surface area (Å²) in [5.74, 6) is 0.347. The van der Waals surface area contributed by atoms with Crippen molar-refractivity contribution < 1.29 is 42.6 Å². The van der Waals surface area contributed by atoms with E-state index in [2.05, 4.69) is 6.07 Å². The summed E-state index contributed by atoms with van der Waals surface area (Å²) in [6.45, 7) is -9.01. The van der Waals surface area contributed by atoms with E-state index in [1.165, 1.54) is 24.3 Å². The second-order valence-electron chi connectivity index (χ2n) is 14.8. The molecular formula is C55H46N3OPt-. The molecule has 0 bridgehead atoms. The molecule has 0 atom stereocenters. The van der Waals surface area contributed by atoms with E-state index in [9.17, 15) is 5.11 Å².